The van der Waals surface area contributed by atoms with E-state index in [1.54, 1.807) is 19.1 Å². The summed E-state index contributed by atoms with van der Waals surface area (Å²) in [6.07, 6.45) is 1.73. The van der Waals surface area contributed by atoms with E-state index < -0.39 is 17.1 Å². The number of H-pyrrole nitrogens is 1. The van der Waals surface area contributed by atoms with Gasteiger partial charge in [-0.1, -0.05) is 25.1 Å². The van der Waals surface area contributed by atoms with E-state index >= 15 is 0 Å². The molecular formula is C15H15FN2O3. The van der Waals surface area contributed by atoms with Gasteiger partial charge in [-0.25, -0.2) is 9.18 Å². The Bertz CT molecular complexity index is 777. The Kier molecular flexibility index (Phi) is 4.47. The number of nitrogens with one attached hydrogen (secondary N) is 1. The third-order valence-corrected chi connectivity index (χ3v) is 3.16. The van der Waals surface area contributed by atoms with E-state index in [0.717, 1.165) is 4.57 Å². The second-order valence-corrected chi connectivity index (χ2v) is 4.70. The Morgan fingerprint density at radius 2 is 1.95 bits per heavy atom. The van der Waals surface area contributed by atoms with Crippen molar-refractivity contribution >= 4 is 5.78 Å². The Hall–Kier alpha value is -2.50. The summed E-state index contributed by atoms with van der Waals surface area (Å²) in [6, 6.07) is 6.00. The smallest absolute Gasteiger partial charge is 0.297 e. The summed E-state index contributed by atoms with van der Waals surface area (Å²) < 4.78 is 14.6. The van der Waals surface area contributed by atoms with Crippen molar-refractivity contribution in [2.45, 2.75) is 26.3 Å². The number of nitrogens with zero attached hydrogens (tertiary/aromatic N) is 1. The molecule has 0 aliphatic carbocycles. The minimum Gasteiger partial charge on any atom is -0.297 e. The molecular weight excluding hydrogens is 275 g/mol. The van der Waals surface area contributed by atoms with Crippen LogP contribution in [0.2, 0.25) is 0 Å². The average molecular weight is 290 g/mol. The highest BCUT2D eigenvalue weighted by Crippen LogP contribution is 2.07. The van der Waals surface area contributed by atoms with Crippen LogP contribution in [0.15, 0.2) is 40.1 Å². The Labute approximate surface area is 120 Å². The van der Waals surface area contributed by atoms with Crippen LogP contribution in [-0.4, -0.2) is 15.3 Å². The van der Waals surface area contributed by atoms with E-state index in [0.29, 0.717) is 12.0 Å². The molecule has 2 aromatic rings. The summed E-state index contributed by atoms with van der Waals surface area (Å²) in [5.41, 5.74) is -0.372. The van der Waals surface area contributed by atoms with E-state index in [1.165, 1.54) is 18.3 Å². The van der Waals surface area contributed by atoms with Crippen LogP contribution in [0.3, 0.4) is 0 Å². The van der Waals surface area contributed by atoms with Gasteiger partial charge in [-0.2, -0.15) is 0 Å². The fourth-order valence-corrected chi connectivity index (χ4v) is 2.02. The number of Topliss-reactive ketones (excluding diaryl/α,β-unsaturated/α-hetero) is 1. The highest BCUT2D eigenvalue weighted by Gasteiger charge is 2.10. The number of carbonyl (C=O) groups is 1. The van der Waals surface area contributed by atoms with Gasteiger partial charge in [-0.15, -0.1) is 0 Å². The normalized spacial score (nSPS) is 10.6. The van der Waals surface area contributed by atoms with Crippen LogP contribution < -0.4 is 11.2 Å². The number of aromatic amines is 1. The molecule has 0 unspecified atom stereocenters. The van der Waals surface area contributed by atoms with Gasteiger partial charge in [0.25, 0.3) is 5.56 Å². The van der Waals surface area contributed by atoms with Gasteiger partial charge in [-0.3, -0.25) is 19.1 Å². The summed E-state index contributed by atoms with van der Waals surface area (Å²) in [6.45, 7) is 1.58. The standard InChI is InChI=1S/C15H15FN2O3/c1-2-10-8-18(15(21)17-14(10)20)9-12(19)7-11-5-3-4-6-13(11)16/h3-6,8H,2,7,9H2,1H3,(H,17,20,21). The number of hydrogen-bond acceptors (Lipinski definition) is 3. The maximum atomic E-state index is 13.5. The molecule has 0 bridgehead atoms. The van der Waals surface area contributed by atoms with Gasteiger partial charge < -0.3 is 0 Å². The molecule has 0 fully saturated rings. The SMILES string of the molecule is CCc1cn(CC(=O)Cc2ccccc2F)c(=O)[nH]c1=O. The highest BCUT2D eigenvalue weighted by molar-refractivity contribution is 5.80. The van der Waals surface area contributed by atoms with E-state index in [-0.39, 0.29) is 24.3 Å². The average Bonchev–Trinajstić information content (AvgIpc) is 2.44. The summed E-state index contributed by atoms with van der Waals surface area (Å²) >= 11 is 0. The van der Waals surface area contributed by atoms with Crippen molar-refractivity contribution in [2.24, 2.45) is 0 Å². The third kappa shape index (κ3) is 3.53. The molecule has 1 aromatic heterocycles. The van der Waals surface area contributed by atoms with Crippen molar-refractivity contribution in [3.8, 4) is 0 Å². The second-order valence-electron chi connectivity index (χ2n) is 4.70. The van der Waals surface area contributed by atoms with E-state index in [9.17, 15) is 18.8 Å². The van der Waals surface area contributed by atoms with Crippen LogP contribution in [0.25, 0.3) is 0 Å². The first-order valence-corrected chi connectivity index (χ1v) is 6.59. The molecule has 110 valence electrons. The zero-order valence-corrected chi connectivity index (χ0v) is 11.6. The van der Waals surface area contributed by atoms with Gasteiger partial charge in [0.15, 0.2) is 5.78 Å². The number of halogens is 1. The predicted molar refractivity (Wildman–Crippen MR) is 75.8 cm³/mol. The quantitative estimate of drug-likeness (QED) is 0.894. The largest absolute Gasteiger partial charge is 0.328 e. The van der Waals surface area contributed by atoms with Crippen LogP contribution in [-0.2, 0) is 24.2 Å². The molecule has 0 aliphatic rings. The van der Waals surface area contributed by atoms with E-state index in [4.69, 9.17) is 0 Å². The van der Waals surface area contributed by atoms with Crippen LogP contribution in [0.5, 0.6) is 0 Å². The van der Waals surface area contributed by atoms with Crippen molar-refractivity contribution < 1.29 is 9.18 Å². The Balaban J connectivity index is 2.19. The lowest BCUT2D eigenvalue weighted by Crippen LogP contribution is -2.33. The monoisotopic (exact) mass is 290 g/mol. The second kappa shape index (κ2) is 6.30. The molecule has 0 saturated heterocycles. The Morgan fingerprint density at radius 3 is 2.62 bits per heavy atom. The first-order chi connectivity index (χ1) is 10.0. The first kappa shape index (κ1) is 14.9. The van der Waals surface area contributed by atoms with Crippen LogP contribution in [0.1, 0.15) is 18.1 Å². The molecule has 1 heterocycles. The molecule has 1 aromatic carbocycles. The molecule has 2 rings (SSSR count). The van der Waals surface area contributed by atoms with Gasteiger partial charge >= 0.3 is 5.69 Å². The zero-order valence-electron chi connectivity index (χ0n) is 11.6. The highest BCUT2D eigenvalue weighted by atomic mass is 19.1. The molecule has 0 atom stereocenters. The molecule has 0 saturated carbocycles. The number of aryl methyl sites for hydroxylation is 1. The summed E-state index contributed by atoms with van der Waals surface area (Å²) in [5.74, 6) is -0.759. The lowest BCUT2D eigenvalue weighted by atomic mass is 10.1. The predicted octanol–water partition coefficient (Wildman–Crippen LogP) is 1.05. The lowest BCUT2D eigenvalue weighted by Gasteiger charge is -2.07. The van der Waals surface area contributed by atoms with Crippen LogP contribution >= 0.6 is 0 Å². The minimum atomic E-state index is -0.640. The fraction of sp³-hybridized carbons (Fsp3) is 0.267. The van der Waals surface area contributed by atoms with Gasteiger partial charge in [-0.05, 0) is 18.1 Å². The molecule has 5 nitrogen and oxygen atoms in total. The van der Waals surface area contributed by atoms with Crippen molar-refractivity contribution in [1.82, 2.24) is 9.55 Å². The maximum Gasteiger partial charge on any atom is 0.328 e. The molecule has 0 amide bonds. The summed E-state index contributed by atoms with van der Waals surface area (Å²) in [5, 5.41) is 0. The van der Waals surface area contributed by atoms with Crippen LogP contribution in [0.4, 0.5) is 4.39 Å². The summed E-state index contributed by atoms with van der Waals surface area (Å²) in [4.78, 5) is 37.2. The van der Waals surface area contributed by atoms with Crippen molar-refractivity contribution in [1.29, 1.82) is 0 Å². The van der Waals surface area contributed by atoms with Gasteiger partial charge in [0.2, 0.25) is 0 Å². The topological polar surface area (TPSA) is 71.9 Å². The maximum absolute atomic E-state index is 13.5. The lowest BCUT2D eigenvalue weighted by molar-refractivity contribution is -0.119. The Morgan fingerprint density at radius 1 is 1.24 bits per heavy atom. The molecule has 0 radical (unpaired) electrons. The van der Waals surface area contributed by atoms with Gasteiger partial charge in [0.05, 0.1) is 6.54 Å². The number of carbonyl (C=O) groups excluding carboxylic acids is 1. The van der Waals surface area contributed by atoms with Crippen LogP contribution in [0, 0.1) is 5.82 Å². The molecule has 6 heteroatoms. The number of aromatic nitrogens is 2. The number of hydrogen-bond donors (Lipinski definition) is 1. The molecule has 0 spiro atoms. The fourth-order valence-electron chi connectivity index (χ4n) is 2.02. The van der Waals surface area contributed by atoms with Crippen molar-refractivity contribution in [2.75, 3.05) is 0 Å². The van der Waals surface area contributed by atoms with Crippen molar-refractivity contribution in [3.63, 3.8) is 0 Å². The van der Waals surface area contributed by atoms with Gasteiger partial charge in [0.1, 0.15) is 5.82 Å². The molecule has 1 N–H and O–H groups in total. The number of ketones is 1. The summed E-state index contributed by atoms with van der Waals surface area (Å²) in [7, 11) is 0. The zero-order chi connectivity index (χ0) is 15.4. The third-order valence-electron chi connectivity index (χ3n) is 3.16. The molecule has 0 aliphatic heterocycles. The minimum absolute atomic E-state index is 0.0975. The number of rotatable bonds is 5. The molecule has 21 heavy (non-hydrogen) atoms. The van der Waals surface area contributed by atoms with Crippen molar-refractivity contribution in [3.05, 3.63) is 68.2 Å². The van der Waals surface area contributed by atoms with E-state index in [1.807, 2.05) is 0 Å². The number of benzene rings is 1. The first-order valence-electron chi connectivity index (χ1n) is 6.59. The van der Waals surface area contributed by atoms with Gasteiger partial charge in [0, 0.05) is 18.2 Å². The van der Waals surface area contributed by atoms with E-state index in [2.05, 4.69) is 4.98 Å².